The molecule has 1 unspecified atom stereocenters. The van der Waals surface area contributed by atoms with Gasteiger partial charge in [-0.05, 0) is 33.6 Å². The molecule has 0 saturated heterocycles. The van der Waals surface area contributed by atoms with E-state index < -0.39 is 23.4 Å². The largest absolute Gasteiger partial charge is 0.406 e. The number of nitrogens with one attached hydrogen (secondary N) is 1. The summed E-state index contributed by atoms with van der Waals surface area (Å²) in [4.78, 5) is 0. The molecule has 1 fully saturated rings. The van der Waals surface area contributed by atoms with Gasteiger partial charge in [-0.15, -0.1) is 0 Å². The van der Waals surface area contributed by atoms with E-state index in [9.17, 15) is 18.3 Å². The van der Waals surface area contributed by atoms with Gasteiger partial charge in [-0.3, -0.25) is 5.32 Å². The maximum absolute atomic E-state index is 12.5. The zero-order valence-electron chi connectivity index (χ0n) is 8.57. The van der Waals surface area contributed by atoms with E-state index in [0.717, 1.165) is 0 Å². The number of alkyl halides is 3. The molecule has 0 heterocycles. The lowest BCUT2D eigenvalue weighted by atomic mass is 9.99. The van der Waals surface area contributed by atoms with E-state index in [0.29, 0.717) is 0 Å². The molecule has 1 aliphatic carbocycles. The molecule has 0 amide bonds. The van der Waals surface area contributed by atoms with Crippen molar-refractivity contribution in [3.8, 4) is 0 Å². The molecular formula is C9H16F3NO. The average Bonchev–Trinajstić information content (AvgIpc) is 2.64. The molecule has 1 aliphatic rings. The first-order chi connectivity index (χ1) is 6.08. The van der Waals surface area contributed by atoms with E-state index >= 15 is 0 Å². The SMILES string of the molecule is CC(NC1(C(F)(F)F)CC1)C(C)(C)O. The molecule has 1 saturated carbocycles. The molecule has 14 heavy (non-hydrogen) atoms. The van der Waals surface area contributed by atoms with Gasteiger partial charge in [-0.2, -0.15) is 13.2 Å². The molecule has 0 radical (unpaired) electrons. The van der Waals surface area contributed by atoms with E-state index in [-0.39, 0.29) is 12.8 Å². The van der Waals surface area contributed by atoms with Gasteiger partial charge in [0.15, 0.2) is 0 Å². The highest BCUT2D eigenvalue weighted by molar-refractivity contribution is 5.09. The summed E-state index contributed by atoms with van der Waals surface area (Å²) in [6.07, 6.45) is -4.00. The average molecular weight is 211 g/mol. The second-order valence-corrected chi connectivity index (χ2v) is 4.60. The number of hydrogen-bond acceptors (Lipinski definition) is 2. The van der Waals surface area contributed by atoms with E-state index in [1.807, 2.05) is 0 Å². The summed E-state index contributed by atoms with van der Waals surface area (Å²) in [6.45, 7) is 4.56. The highest BCUT2D eigenvalue weighted by atomic mass is 19.4. The zero-order valence-corrected chi connectivity index (χ0v) is 8.57. The second kappa shape index (κ2) is 3.10. The van der Waals surface area contributed by atoms with Gasteiger partial charge in [0.2, 0.25) is 0 Å². The number of halogens is 3. The maximum atomic E-state index is 12.5. The fraction of sp³-hybridized carbons (Fsp3) is 1.00. The Morgan fingerprint density at radius 2 is 1.71 bits per heavy atom. The molecule has 0 bridgehead atoms. The molecule has 0 aliphatic heterocycles. The minimum absolute atomic E-state index is 0.108. The standard InChI is InChI=1S/C9H16F3NO/c1-6(7(2,3)14)13-8(4-5-8)9(10,11)12/h6,13-14H,4-5H2,1-3H3. The van der Waals surface area contributed by atoms with Crippen LogP contribution in [0.2, 0.25) is 0 Å². The lowest BCUT2D eigenvalue weighted by Gasteiger charge is -2.32. The predicted octanol–water partition coefficient (Wildman–Crippen LogP) is 1.83. The first-order valence-corrected chi connectivity index (χ1v) is 4.65. The first kappa shape index (κ1) is 11.8. The van der Waals surface area contributed by atoms with Crippen LogP contribution in [0.5, 0.6) is 0 Å². The Balaban J connectivity index is 2.62. The normalized spacial score (nSPS) is 23.4. The summed E-state index contributed by atoms with van der Waals surface area (Å²) >= 11 is 0. The number of hydrogen-bond donors (Lipinski definition) is 2. The van der Waals surface area contributed by atoms with Crippen LogP contribution < -0.4 is 5.32 Å². The van der Waals surface area contributed by atoms with Gasteiger partial charge >= 0.3 is 6.18 Å². The Kier molecular flexibility index (Phi) is 2.61. The number of rotatable bonds is 3. The molecule has 84 valence electrons. The zero-order chi connectivity index (χ0) is 11.2. The van der Waals surface area contributed by atoms with Crippen molar-refractivity contribution in [3.05, 3.63) is 0 Å². The molecule has 0 aromatic rings. The Hall–Kier alpha value is -0.290. The van der Waals surface area contributed by atoms with Crippen LogP contribution in [0.25, 0.3) is 0 Å². The van der Waals surface area contributed by atoms with Crippen LogP contribution in [-0.2, 0) is 0 Å². The Morgan fingerprint density at radius 3 is 1.93 bits per heavy atom. The monoisotopic (exact) mass is 211 g/mol. The van der Waals surface area contributed by atoms with Gasteiger partial charge in [0.05, 0.1) is 5.60 Å². The van der Waals surface area contributed by atoms with Crippen molar-refractivity contribution in [1.29, 1.82) is 0 Å². The van der Waals surface area contributed by atoms with Crippen molar-refractivity contribution in [1.82, 2.24) is 5.32 Å². The van der Waals surface area contributed by atoms with Gasteiger partial charge in [0.1, 0.15) is 5.54 Å². The van der Waals surface area contributed by atoms with Crippen LogP contribution in [0.1, 0.15) is 33.6 Å². The van der Waals surface area contributed by atoms with Gasteiger partial charge in [0, 0.05) is 6.04 Å². The third kappa shape index (κ3) is 2.20. The van der Waals surface area contributed by atoms with Crippen molar-refractivity contribution in [3.63, 3.8) is 0 Å². The van der Waals surface area contributed by atoms with Crippen LogP contribution in [0, 0.1) is 0 Å². The third-order valence-electron chi connectivity index (χ3n) is 2.85. The number of aliphatic hydroxyl groups is 1. The summed E-state index contributed by atoms with van der Waals surface area (Å²) in [5.74, 6) is 0. The first-order valence-electron chi connectivity index (χ1n) is 4.65. The summed E-state index contributed by atoms with van der Waals surface area (Å²) in [5, 5.41) is 12.0. The lowest BCUT2D eigenvalue weighted by molar-refractivity contribution is -0.171. The van der Waals surface area contributed by atoms with Crippen LogP contribution in [0.4, 0.5) is 13.2 Å². The Bertz CT molecular complexity index is 215. The minimum atomic E-state index is -4.22. The molecule has 5 heteroatoms. The van der Waals surface area contributed by atoms with Crippen molar-refractivity contribution in [2.24, 2.45) is 0 Å². The highest BCUT2D eigenvalue weighted by Gasteiger charge is 2.64. The summed E-state index contributed by atoms with van der Waals surface area (Å²) in [6, 6.07) is -0.577. The van der Waals surface area contributed by atoms with E-state index in [1.165, 1.54) is 13.8 Å². The molecule has 0 aromatic carbocycles. The van der Waals surface area contributed by atoms with E-state index in [2.05, 4.69) is 5.32 Å². The van der Waals surface area contributed by atoms with E-state index in [4.69, 9.17) is 0 Å². The van der Waals surface area contributed by atoms with Gasteiger partial charge in [-0.1, -0.05) is 0 Å². The van der Waals surface area contributed by atoms with Crippen LogP contribution >= 0.6 is 0 Å². The Morgan fingerprint density at radius 1 is 1.29 bits per heavy atom. The molecule has 0 aromatic heterocycles. The highest BCUT2D eigenvalue weighted by Crippen LogP contribution is 2.49. The predicted molar refractivity (Wildman–Crippen MR) is 46.9 cm³/mol. The summed E-state index contributed by atoms with van der Waals surface area (Å²) < 4.78 is 37.5. The molecule has 2 nitrogen and oxygen atoms in total. The molecule has 0 spiro atoms. The van der Waals surface area contributed by atoms with E-state index in [1.54, 1.807) is 6.92 Å². The quantitative estimate of drug-likeness (QED) is 0.746. The molecule has 2 N–H and O–H groups in total. The van der Waals surface area contributed by atoms with Crippen molar-refractivity contribution >= 4 is 0 Å². The topological polar surface area (TPSA) is 32.3 Å². The third-order valence-corrected chi connectivity index (χ3v) is 2.85. The molecule has 1 rings (SSSR count). The van der Waals surface area contributed by atoms with Gasteiger partial charge in [0.25, 0.3) is 0 Å². The fourth-order valence-corrected chi connectivity index (χ4v) is 1.23. The molecule has 1 atom stereocenters. The van der Waals surface area contributed by atoms with Crippen LogP contribution in [0.3, 0.4) is 0 Å². The van der Waals surface area contributed by atoms with Crippen molar-refractivity contribution in [2.75, 3.05) is 0 Å². The van der Waals surface area contributed by atoms with Crippen LogP contribution in [-0.4, -0.2) is 28.5 Å². The Labute approximate surface area is 81.5 Å². The van der Waals surface area contributed by atoms with Gasteiger partial charge in [-0.25, -0.2) is 0 Å². The lowest BCUT2D eigenvalue weighted by Crippen LogP contribution is -2.55. The van der Waals surface area contributed by atoms with Gasteiger partial charge < -0.3 is 5.11 Å². The molecular weight excluding hydrogens is 195 g/mol. The fourth-order valence-electron chi connectivity index (χ4n) is 1.23. The summed E-state index contributed by atoms with van der Waals surface area (Å²) in [5.41, 5.74) is -2.88. The summed E-state index contributed by atoms with van der Waals surface area (Å²) in [7, 11) is 0. The smallest absolute Gasteiger partial charge is 0.389 e. The second-order valence-electron chi connectivity index (χ2n) is 4.60. The maximum Gasteiger partial charge on any atom is 0.406 e. The van der Waals surface area contributed by atoms with Crippen molar-refractivity contribution < 1.29 is 18.3 Å². The minimum Gasteiger partial charge on any atom is -0.389 e. The van der Waals surface area contributed by atoms with Crippen molar-refractivity contribution in [2.45, 2.75) is 57.0 Å². The van der Waals surface area contributed by atoms with Crippen LogP contribution in [0.15, 0.2) is 0 Å².